The quantitative estimate of drug-likeness (QED) is 0.331. The van der Waals surface area contributed by atoms with Crippen LogP contribution in [0.4, 0.5) is 9.18 Å². The smallest absolute Gasteiger partial charge is 0.414 e. The van der Waals surface area contributed by atoms with Crippen molar-refractivity contribution in [2.24, 2.45) is 5.92 Å². The van der Waals surface area contributed by atoms with Crippen molar-refractivity contribution in [2.75, 3.05) is 13.2 Å². The molecule has 0 bridgehead atoms. The number of benzene rings is 1. The Labute approximate surface area is 168 Å². The van der Waals surface area contributed by atoms with Gasteiger partial charge < -0.3 is 9.47 Å². The number of allylic oxidation sites excluding steroid dienone is 1. The summed E-state index contributed by atoms with van der Waals surface area (Å²) in [6.07, 6.45) is 0.591. The molecule has 156 valence electrons. The fraction of sp³-hybridized carbons (Fsp3) is 0.429. The van der Waals surface area contributed by atoms with Crippen LogP contribution in [0, 0.1) is 11.7 Å². The summed E-state index contributed by atoms with van der Waals surface area (Å²) < 4.78 is 23.3. The zero-order chi connectivity index (χ0) is 21.8. The topological polar surface area (TPSA) is 90.0 Å². The van der Waals surface area contributed by atoms with Gasteiger partial charge in [0.2, 0.25) is 0 Å². The maximum atomic E-state index is 13.2. The largest absolute Gasteiger partial charge is 0.460 e. The van der Waals surface area contributed by atoms with Gasteiger partial charge in [-0.1, -0.05) is 12.1 Å². The van der Waals surface area contributed by atoms with Gasteiger partial charge in [-0.15, -0.1) is 0 Å². The molecule has 1 aliphatic heterocycles. The molecule has 1 heterocycles. The molecular formula is C21H24FNO6. The minimum Gasteiger partial charge on any atom is -0.460 e. The number of rotatable bonds is 4. The first-order chi connectivity index (χ1) is 13.5. The SMILES string of the molecule is CCOC(=O)C(=O)C1CCN(C(=O)OC(C)(C)C)C(=Cc2ccc(F)cc2)C1=O. The van der Waals surface area contributed by atoms with Gasteiger partial charge in [-0.2, -0.15) is 0 Å². The maximum Gasteiger partial charge on any atom is 0.414 e. The van der Waals surface area contributed by atoms with Crippen LogP contribution >= 0.6 is 0 Å². The first-order valence-corrected chi connectivity index (χ1v) is 9.26. The molecular weight excluding hydrogens is 381 g/mol. The normalized spacial score (nSPS) is 18.5. The summed E-state index contributed by atoms with van der Waals surface area (Å²) in [7, 11) is 0. The van der Waals surface area contributed by atoms with Crippen LogP contribution in [0.5, 0.6) is 0 Å². The zero-order valence-corrected chi connectivity index (χ0v) is 16.9. The van der Waals surface area contributed by atoms with E-state index in [4.69, 9.17) is 9.47 Å². The molecule has 1 aromatic rings. The van der Waals surface area contributed by atoms with E-state index in [2.05, 4.69) is 0 Å². The number of ketones is 2. The molecule has 1 aromatic carbocycles. The van der Waals surface area contributed by atoms with E-state index in [1.54, 1.807) is 27.7 Å². The van der Waals surface area contributed by atoms with E-state index in [0.717, 1.165) is 4.90 Å². The van der Waals surface area contributed by atoms with Gasteiger partial charge in [0.05, 0.1) is 18.2 Å². The van der Waals surface area contributed by atoms with Gasteiger partial charge >= 0.3 is 12.1 Å². The summed E-state index contributed by atoms with van der Waals surface area (Å²) in [6.45, 7) is 6.63. The molecule has 1 saturated heterocycles. The van der Waals surface area contributed by atoms with Gasteiger partial charge in [-0.25, -0.2) is 14.0 Å². The Bertz CT molecular complexity index is 838. The molecule has 0 aliphatic carbocycles. The van der Waals surface area contributed by atoms with E-state index in [-0.39, 0.29) is 25.3 Å². The minimum absolute atomic E-state index is 0.00347. The predicted molar refractivity (Wildman–Crippen MR) is 102 cm³/mol. The van der Waals surface area contributed by atoms with E-state index < -0.39 is 41.0 Å². The molecule has 1 atom stereocenters. The van der Waals surface area contributed by atoms with E-state index in [9.17, 15) is 23.6 Å². The van der Waals surface area contributed by atoms with Crippen LogP contribution in [-0.2, 0) is 23.9 Å². The molecule has 0 N–H and O–H groups in total. The van der Waals surface area contributed by atoms with Crippen molar-refractivity contribution in [2.45, 2.75) is 39.7 Å². The number of hydrogen-bond donors (Lipinski definition) is 0. The van der Waals surface area contributed by atoms with Crippen molar-refractivity contribution >= 4 is 29.7 Å². The van der Waals surface area contributed by atoms with Crippen molar-refractivity contribution in [3.8, 4) is 0 Å². The highest BCUT2D eigenvalue weighted by Gasteiger charge is 2.42. The number of hydrogen-bond acceptors (Lipinski definition) is 6. The second-order valence-corrected chi connectivity index (χ2v) is 7.50. The van der Waals surface area contributed by atoms with Gasteiger partial charge in [0.15, 0.2) is 5.78 Å². The summed E-state index contributed by atoms with van der Waals surface area (Å²) in [5.41, 5.74) is -0.439. The monoisotopic (exact) mass is 405 g/mol. The molecule has 1 aliphatic rings. The number of carbonyl (C=O) groups is 4. The Morgan fingerprint density at radius 3 is 2.38 bits per heavy atom. The molecule has 1 fully saturated rings. The number of amides is 1. The third-order valence-corrected chi connectivity index (χ3v) is 4.08. The molecule has 2 rings (SSSR count). The Morgan fingerprint density at radius 2 is 1.83 bits per heavy atom. The van der Waals surface area contributed by atoms with Crippen LogP contribution in [0.1, 0.15) is 39.7 Å². The van der Waals surface area contributed by atoms with E-state index >= 15 is 0 Å². The minimum atomic E-state index is -1.25. The molecule has 0 spiro atoms. The number of halogens is 1. The maximum absolute atomic E-state index is 13.2. The van der Waals surface area contributed by atoms with Crippen LogP contribution in [-0.4, -0.2) is 47.3 Å². The van der Waals surface area contributed by atoms with Crippen LogP contribution in [0.25, 0.3) is 6.08 Å². The lowest BCUT2D eigenvalue weighted by Crippen LogP contribution is -2.47. The number of esters is 1. The molecule has 8 heteroatoms. The van der Waals surface area contributed by atoms with E-state index in [1.165, 1.54) is 30.3 Å². The summed E-state index contributed by atoms with van der Waals surface area (Å²) in [5.74, 6) is -4.44. The molecule has 0 radical (unpaired) electrons. The average Bonchev–Trinajstić information content (AvgIpc) is 2.63. The van der Waals surface area contributed by atoms with Crippen LogP contribution < -0.4 is 0 Å². The van der Waals surface area contributed by atoms with Crippen LogP contribution in [0.3, 0.4) is 0 Å². The molecule has 1 amide bonds. The van der Waals surface area contributed by atoms with Gasteiger partial charge in [-0.05, 0) is 57.9 Å². The number of ether oxygens (including phenoxy) is 2. The Kier molecular flexibility index (Phi) is 6.89. The highest BCUT2D eigenvalue weighted by atomic mass is 19.1. The van der Waals surface area contributed by atoms with Gasteiger partial charge in [0, 0.05) is 6.54 Å². The lowest BCUT2D eigenvalue weighted by atomic mass is 9.88. The molecule has 7 nitrogen and oxygen atoms in total. The van der Waals surface area contributed by atoms with Crippen molar-refractivity contribution in [1.29, 1.82) is 0 Å². The third kappa shape index (κ3) is 5.73. The number of Topliss-reactive ketones (excluding diaryl/α,β-unsaturated/α-hetero) is 2. The summed E-state index contributed by atoms with van der Waals surface area (Å²) in [4.78, 5) is 50.9. The summed E-state index contributed by atoms with van der Waals surface area (Å²) in [6, 6.07) is 5.27. The first-order valence-electron chi connectivity index (χ1n) is 9.26. The van der Waals surface area contributed by atoms with Crippen molar-refractivity contribution in [1.82, 2.24) is 4.90 Å². The number of likely N-dealkylation sites (tertiary alicyclic amines) is 1. The Hall–Kier alpha value is -3.03. The van der Waals surface area contributed by atoms with Gasteiger partial charge in [0.1, 0.15) is 11.4 Å². The molecule has 1 unspecified atom stereocenters. The zero-order valence-electron chi connectivity index (χ0n) is 16.9. The number of nitrogens with zero attached hydrogens (tertiary/aromatic N) is 1. The standard InChI is InChI=1S/C21H24FNO6/c1-5-28-19(26)18(25)15-10-11-23(20(27)29-21(2,3)4)16(17(15)24)12-13-6-8-14(22)9-7-13/h6-9,12,15H,5,10-11H2,1-4H3. The molecule has 0 saturated carbocycles. The summed E-state index contributed by atoms with van der Waals surface area (Å²) >= 11 is 0. The Morgan fingerprint density at radius 1 is 1.21 bits per heavy atom. The average molecular weight is 405 g/mol. The second-order valence-electron chi connectivity index (χ2n) is 7.50. The van der Waals surface area contributed by atoms with Gasteiger partial charge in [-0.3, -0.25) is 14.5 Å². The second kappa shape index (κ2) is 8.98. The van der Waals surface area contributed by atoms with Gasteiger partial charge in [0.25, 0.3) is 5.78 Å². The summed E-state index contributed by atoms with van der Waals surface area (Å²) in [5, 5.41) is 0. The number of carbonyl (C=O) groups excluding carboxylic acids is 4. The molecule has 29 heavy (non-hydrogen) atoms. The van der Waals surface area contributed by atoms with E-state index in [0.29, 0.717) is 5.56 Å². The Balaban J connectivity index is 2.40. The first kappa shape index (κ1) is 22.3. The number of piperidine rings is 1. The highest BCUT2D eigenvalue weighted by molar-refractivity contribution is 6.39. The third-order valence-electron chi connectivity index (χ3n) is 4.08. The highest BCUT2D eigenvalue weighted by Crippen LogP contribution is 2.27. The van der Waals surface area contributed by atoms with Crippen molar-refractivity contribution < 1.29 is 33.0 Å². The predicted octanol–water partition coefficient (Wildman–Crippen LogP) is 3.12. The van der Waals surface area contributed by atoms with Crippen LogP contribution in [0.15, 0.2) is 30.0 Å². The van der Waals surface area contributed by atoms with E-state index in [1.807, 2.05) is 0 Å². The van der Waals surface area contributed by atoms with Crippen molar-refractivity contribution in [3.63, 3.8) is 0 Å². The fourth-order valence-corrected chi connectivity index (χ4v) is 2.79. The fourth-order valence-electron chi connectivity index (χ4n) is 2.79. The van der Waals surface area contributed by atoms with Crippen LogP contribution in [0.2, 0.25) is 0 Å². The lowest BCUT2D eigenvalue weighted by molar-refractivity contribution is -0.157. The molecule has 0 aromatic heterocycles. The van der Waals surface area contributed by atoms with Crippen molar-refractivity contribution in [3.05, 3.63) is 41.3 Å². The lowest BCUT2D eigenvalue weighted by Gasteiger charge is -2.33.